The fourth-order valence-corrected chi connectivity index (χ4v) is 5.18. The molecule has 0 atom stereocenters. The van der Waals surface area contributed by atoms with E-state index < -0.39 is 12.5 Å². The molecule has 0 fully saturated rings. The van der Waals surface area contributed by atoms with Gasteiger partial charge in [0.2, 0.25) is 5.91 Å². The number of carboxylic acids is 1. The van der Waals surface area contributed by atoms with Gasteiger partial charge in [-0.25, -0.2) is 9.97 Å². The summed E-state index contributed by atoms with van der Waals surface area (Å²) >= 11 is 2.73. The zero-order chi connectivity index (χ0) is 27.1. The van der Waals surface area contributed by atoms with Crippen LogP contribution in [0.5, 0.6) is 5.75 Å². The average Bonchev–Trinajstić information content (AvgIpc) is 3.54. The number of hydrogen-bond acceptors (Lipinski definition) is 10. The largest absolute Gasteiger partial charge is 0.497 e. The molecule has 0 bridgehead atoms. The minimum Gasteiger partial charge on any atom is -0.497 e. The summed E-state index contributed by atoms with van der Waals surface area (Å²) in [6.45, 7) is -0.146. The van der Waals surface area contributed by atoms with Gasteiger partial charge in [-0.1, -0.05) is 29.5 Å². The Morgan fingerprint density at radius 2 is 1.92 bits per heavy atom. The van der Waals surface area contributed by atoms with Gasteiger partial charge in [-0.05, 0) is 30.3 Å². The highest BCUT2D eigenvalue weighted by Gasteiger charge is 2.16. The molecule has 2 aromatic heterocycles. The lowest BCUT2D eigenvalue weighted by Gasteiger charge is -2.08. The van der Waals surface area contributed by atoms with Gasteiger partial charge in [0, 0.05) is 35.2 Å². The Kier molecular flexibility index (Phi) is 8.51. The molecule has 0 spiro atoms. The number of nitrogen functional groups attached to an aromatic ring is 1. The summed E-state index contributed by atoms with van der Waals surface area (Å²) in [4.78, 5) is 44.6. The first kappa shape index (κ1) is 26.6. The van der Waals surface area contributed by atoms with Gasteiger partial charge in [0.1, 0.15) is 28.0 Å². The number of nitrogens with two attached hydrogens (primary N) is 1. The number of hydrogen-bond donors (Lipinski definition) is 5. The summed E-state index contributed by atoms with van der Waals surface area (Å²) in [7, 11) is 1.55. The van der Waals surface area contributed by atoms with Crippen LogP contribution in [0.3, 0.4) is 0 Å². The lowest BCUT2D eigenvalue weighted by atomic mass is 10.1. The van der Waals surface area contributed by atoms with Crippen LogP contribution in [0.1, 0.15) is 16.8 Å². The number of benzene rings is 2. The summed E-state index contributed by atoms with van der Waals surface area (Å²) in [5, 5.41) is 20.0. The smallest absolute Gasteiger partial charge is 0.322 e. The first-order chi connectivity index (χ1) is 18.3. The molecule has 38 heavy (non-hydrogen) atoms. The quantitative estimate of drug-likeness (QED) is 0.186. The van der Waals surface area contributed by atoms with Gasteiger partial charge >= 0.3 is 5.97 Å². The van der Waals surface area contributed by atoms with Crippen molar-refractivity contribution in [3.05, 3.63) is 59.5 Å². The molecular weight excluding hydrogens is 528 g/mol. The normalized spacial score (nSPS) is 10.6. The Morgan fingerprint density at radius 1 is 1.11 bits per heavy atom. The Labute approximate surface area is 225 Å². The molecule has 196 valence electrons. The zero-order valence-electron chi connectivity index (χ0n) is 20.2. The van der Waals surface area contributed by atoms with Crippen molar-refractivity contribution in [1.82, 2.24) is 15.3 Å². The van der Waals surface area contributed by atoms with Gasteiger partial charge in [0.05, 0.1) is 12.8 Å². The van der Waals surface area contributed by atoms with E-state index in [4.69, 9.17) is 20.6 Å². The Bertz CT molecular complexity index is 1470. The van der Waals surface area contributed by atoms with Crippen LogP contribution in [0, 0.1) is 0 Å². The van der Waals surface area contributed by atoms with Crippen LogP contribution in [0.2, 0.25) is 0 Å². The third-order valence-corrected chi connectivity index (χ3v) is 7.19. The first-order valence-electron chi connectivity index (χ1n) is 11.3. The van der Waals surface area contributed by atoms with Crippen LogP contribution >= 0.6 is 22.7 Å². The highest BCUT2D eigenvalue weighted by molar-refractivity contribution is 7.23. The number of methoxy groups -OCH3 is 1. The SMILES string of the molecule is COc1cccc(C(=O)Nc2cccc(-c3csc(-c4sc(NCCC(=O)NCC(=O)O)nc4N)n3)c2)c1. The molecule has 4 rings (SSSR count). The molecule has 11 nitrogen and oxygen atoms in total. The Balaban J connectivity index is 1.40. The van der Waals surface area contributed by atoms with E-state index in [-0.39, 0.29) is 24.8 Å². The second kappa shape index (κ2) is 12.2. The van der Waals surface area contributed by atoms with Crippen LogP contribution in [-0.4, -0.2) is 53.1 Å². The molecule has 0 saturated heterocycles. The molecule has 2 heterocycles. The zero-order valence-corrected chi connectivity index (χ0v) is 21.8. The Morgan fingerprint density at radius 3 is 2.71 bits per heavy atom. The second-order valence-corrected chi connectivity index (χ2v) is 9.74. The molecule has 2 aromatic carbocycles. The van der Waals surface area contributed by atoms with Crippen molar-refractivity contribution in [1.29, 1.82) is 0 Å². The van der Waals surface area contributed by atoms with Crippen LogP contribution in [0.25, 0.3) is 21.1 Å². The van der Waals surface area contributed by atoms with Gasteiger partial charge < -0.3 is 31.5 Å². The molecule has 0 radical (unpaired) electrons. The van der Waals surface area contributed by atoms with E-state index in [0.29, 0.717) is 37.8 Å². The van der Waals surface area contributed by atoms with Crippen molar-refractivity contribution >= 4 is 57.1 Å². The van der Waals surface area contributed by atoms with Gasteiger partial charge in [-0.15, -0.1) is 11.3 Å². The van der Waals surface area contributed by atoms with Crippen molar-refractivity contribution in [2.45, 2.75) is 6.42 Å². The monoisotopic (exact) mass is 552 g/mol. The van der Waals surface area contributed by atoms with E-state index in [2.05, 4.69) is 20.9 Å². The van der Waals surface area contributed by atoms with Gasteiger partial charge in [0.25, 0.3) is 5.91 Å². The van der Waals surface area contributed by atoms with Crippen LogP contribution < -0.4 is 26.4 Å². The molecule has 2 amide bonds. The highest BCUT2D eigenvalue weighted by atomic mass is 32.1. The first-order valence-corrected chi connectivity index (χ1v) is 13.0. The van der Waals surface area contributed by atoms with E-state index >= 15 is 0 Å². The van der Waals surface area contributed by atoms with Crippen molar-refractivity contribution < 1.29 is 24.2 Å². The maximum Gasteiger partial charge on any atom is 0.322 e. The number of amides is 2. The topological polar surface area (TPSA) is 169 Å². The van der Waals surface area contributed by atoms with Gasteiger partial charge in [-0.3, -0.25) is 14.4 Å². The molecule has 13 heteroatoms. The maximum atomic E-state index is 12.7. The summed E-state index contributed by atoms with van der Waals surface area (Å²) in [6, 6.07) is 14.3. The summed E-state index contributed by atoms with van der Waals surface area (Å²) < 4.78 is 5.19. The average molecular weight is 553 g/mol. The Hall–Kier alpha value is -4.49. The van der Waals surface area contributed by atoms with Crippen molar-refractivity contribution in [3.8, 4) is 26.9 Å². The van der Waals surface area contributed by atoms with Crippen molar-refractivity contribution in [2.24, 2.45) is 0 Å². The number of carboxylic acid groups (broad SMARTS) is 1. The third kappa shape index (κ3) is 6.83. The lowest BCUT2D eigenvalue weighted by Crippen LogP contribution is -2.30. The van der Waals surface area contributed by atoms with Crippen molar-refractivity contribution in [2.75, 3.05) is 36.6 Å². The number of ether oxygens (including phenoxy) is 1. The summed E-state index contributed by atoms with van der Waals surface area (Å²) in [5.74, 6) is -0.819. The minimum absolute atomic E-state index is 0.0915. The lowest BCUT2D eigenvalue weighted by molar-refractivity contribution is -0.137. The summed E-state index contributed by atoms with van der Waals surface area (Å²) in [6.07, 6.45) is 0.0915. The van der Waals surface area contributed by atoms with Crippen LogP contribution in [0.15, 0.2) is 53.9 Å². The number of anilines is 3. The molecule has 0 aliphatic rings. The molecule has 4 aromatic rings. The number of nitrogens with zero attached hydrogens (tertiary/aromatic N) is 2. The number of carbonyl (C=O) groups is 3. The molecular formula is C25H24N6O5S2. The minimum atomic E-state index is -1.10. The fourth-order valence-electron chi connectivity index (χ4n) is 3.34. The van der Waals surface area contributed by atoms with E-state index in [0.717, 1.165) is 11.3 Å². The van der Waals surface area contributed by atoms with Crippen molar-refractivity contribution in [3.63, 3.8) is 0 Å². The summed E-state index contributed by atoms with van der Waals surface area (Å²) in [5.41, 5.74) is 8.77. The van der Waals surface area contributed by atoms with E-state index in [1.165, 1.54) is 22.7 Å². The second-order valence-electron chi connectivity index (χ2n) is 7.89. The predicted octanol–water partition coefficient (Wildman–Crippen LogP) is 3.78. The number of aromatic nitrogens is 2. The standard InChI is InChI=1S/C25H24N6O5S2/c1-36-17-7-3-5-15(11-17)23(35)29-16-6-2-4-14(10-16)18-13-37-24(30-18)21-22(26)31-25(38-21)27-9-8-19(32)28-12-20(33)34/h2-7,10-11,13H,8-9,12,26H2,1H3,(H,27,31)(H,28,32)(H,29,35)(H,33,34). The van der Waals surface area contributed by atoms with E-state index in [1.807, 2.05) is 23.6 Å². The van der Waals surface area contributed by atoms with Crippen LogP contribution in [0.4, 0.5) is 16.6 Å². The van der Waals surface area contributed by atoms with E-state index in [1.54, 1.807) is 37.4 Å². The highest BCUT2D eigenvalue weighted by Crippen LogP contribution is 2.38. The number of thiazole rings is 2. The fraction of sp³-hybridized carbons (Fsp3) is 0.160. The molecule has 0 unspecified atom stereocenters. The number of nitrogens with one attached hydrogen (secondary N) is 3. The number of aliphatic carboxylic acids is 1. The van der Waals surface area contributed by atoms with Crippen LogP contribution in [-0.2, 0) is 9.59 Å². The maximum absolute atomic E-state index is 12.7. The predicted molar refractivity (Wildman–Crippen MR) is 148 cm³/mol. The van der Waals surface area contributed by atoms with Gasteiger partial charge in [0.15, 0.2) is 5.13 Å². The number of carbonyl (C=O) groups excluding carboxylic acids is 2. The van der Waals surface area contributed by atoms with E-state index in [9.17, 15) is 14.4 Å². The molecule has 0 aliphatic heterocycles. The number of rotatable bonds is 11. The van der Waals surface area contributed by atoms with Gasteiger partial charge in [-0.2, -0.15) is 0 Å². The molecule has 0 aliphatic carbocycles. The molecule has 0 saturated carbocycles. The third-order valence-electron chi connectivity index (χ3n) is 5.17. The molecule has 6 N–H and O–H groups in total.